The lowest BCUT2D eigenvalue weighted by Gasteiger charge is -2.18. The van der Waals surface area contributed by atoms with E-state index in [4.69, 9.17) is 5.73 Å². The Labute approximate surface area is 154 Å². The molecule has 0 aliphatic heterocycles. The Bertz CT molecular complexity index is 463. The number of nitrogens with one attached hydrogen (secondary N) is 1. The number of carbonyl (C=O) groups is 1. The predicted octanol–water partition coefficient (Wildman–Crippen LogP) is 5.36. The molecule has 0 aromatic heterocycles. The Morgan fingerprint density at radius 2 is 1.68 bits per heavy atom. The smallest absolute Gasteiger partial charge is 0.244 e. The molecule has 1 fully saturated rings. The first-order chi connectivity index (χ1) is 12.1. The summed E-state index contributed by atoms with van der Waals surface area (Å²) < 4.78 is 0. The number of hydrogen-bond donors (Lipinski definition) is 2. The summed E-state index contributed by atoms with van der Waals surface area (Å²) in [5, 5.41) is 2.96. The standard InChI is InChI=1S/C22H38N2O/c1-2-3-4-5-6-7-8-9-10-11-12-19-13-15-20(16-14-19)24-21(25)22(23)17-18-22/h13,15-16,19H,2-12,14,17-18,23H2,1H3,(H,24,25). The van der Waals surface area contributed by atoms with Gasteiger partial charge in [0.2, 0.25) is 5.91 Å². The summed E-state index contributed by atoms with van der Waals surface area (Å²) in [5.74, 6) is 0.624. The molecule has 142 valence electrons. The minimum atomic E-state index is -0.582. The van der Waals surface area contributed by atoms with E-state index in [-0.39, 0.29) is 5.91 Å². The molecule has 0 radical (unpaired) electrons. The van der Waals surface area contributed by atoms with Crippen molar-refractivity contribution < 1.29 is 4.79 Å². The largest absolute Gasteiger partial charge is 0.325 e. The number of unbranched alkanes of at least 4 members (excludes halogenated alkanes) is 9. The van der Waals surface area contributed by atoms with Crippen LogP contribution in [0.3, 0.4) is 0 Å². The molecule has 1 unspecified atom stereocenters. The maximum atomic E-state index is 11.9. The number of hydrogen-bond acceptors (Lipinski definition) is 2. The van der Waals surface area contributed by atoms with Crippen molar-refractivity contribution in [3.05, 3.63) is 23.9 Å². The van der Waals surface area contributed by atoms with E-state index < -0.39 is 5.54 Å². The summed E-state index contributed by atoms with van der Waals surface area (Å²) in [6.07, 6.45) is 24.4. The normalized spacial score (nSPS) is 21.0. The van der Waals surface area contributed by atoms with Crippen molar-refractivity contribution in [2.75, 3.05) is 0 Å². The Kier molecular flexibility index (Phi) is 8.74. The zero-order chi connectivity index (χ0) is 18.0. The molecule has 1 saturated carbocycles. The number of amides is 1. The van der Waals surface area contributed by atoms with Crippen LogP contribution in [0.5, 0.6) is 0 Å². The summed E-state index contributed by atoms with van der Waals surface area (Å²) in [6.45, 7) is 2.28. The molecule has 25 heavy (non-hydrogen) atoms. The van der Waals surface area contributed by atoms with Gasteiger partial charge in [-0.1, -0.05) is 83.3 Å². The van der Waals surface area contributed by atoms with Gasteiger partial charge in [0.25, 0.3) is 0 Å². The molecule has 0 aromatic rings. The first-order valence-electron chi connectivity index (χ1n) is 10.6. The van der Waals surface area contributed by atoms with Crippen molar-refractivity contribution in [3.63, 3.8) is 0 Å². The summed E-state index contributed by atoms with van der Waals surface area (Å²) >= 11 is 0. The lowest BCUT2D eigenvalue weighted by atomic mass is 9.93. The van der Waals surface area contributed by atoms with E-state index in [0.717, 1.165) is 25.0 Å². The third-order valence-corrected chi connectivity index (χ3v) is 5.62. The van der Waals surface area contributed by atoms with Crippen LogP contribution in [0.2, 0.25) is 0 Å². The fourth-order valence-corrected chi connectivity index (χ4v) is 3.48. The van der Waals surface area contributed by atoms with E-state index in [1.165, 1.54) is 70.6 Å². The van der Waals surface area contributed by atoms with Crippen LogP contribution in [0.25, 0.3) is 0 Å². The average Bonchev–Trinajstić information content (AvgIpc) is 3.37. The van der Waals surface area contributed by atoms with Crippen LogP contribution >= 0.6 is 0 Å². The molecule has 1 amide bonds. The maximum absolute atomic E-state index is 11.9. The molecule has 0 heterocycles. The molecule has 3 N–H and O–H groups in total. The van der Waals surface area contributed by atoms with E-state index in [1.807, 2.05) is 0 Å². The minimum Gasteiger partial charge on any atom is -0.325 e. The first kappa shape index (κ1) is 20.2. The zero-order valence-corrected chi connectivity index (χ0v) is 16.2. The highest BCUT2D eigenvalue weighted by Gasteiger charge is 2.46. The van der Waals surface area contributed by atoms with Gasteiger partial charge in [-0.15, -0.1) is 0 Å². The zero-order valence-electron chi connectivity index (χ0n) is 16.2. The average molecular weight is 347 g/mol. The second-order valence-corrected chi connectivity index (χ2v) is 8.10. The fourth-order valence-electron chi connectivity index (χ4n) is 3.48. The monoisotopic (exact) mass is 346 g/mol. The Morgan fingerprint density at radius 1 is 1.08 bits per heavy atom. The van der Waals surface area contributed by atoms with E-state index >= 15 is 0 Å². The molecule has 2 aliphatic carbocycles. The lowest BCUT2D eigenvalue weighted by molar-refractivity contribution is -0.122. The van der Waals surface area contributed by atoms with Crippen molar-refractivity contribution in [3.8, 4) is 0 Å². The van der Waals surface area contributed by atoms with Crippen LogP contribution in [-0.2, 0) is 4.79 Å². The third kappa shape index (κ3) is 7.77. The Balaban J connectivity index is 1.44. The second kappa shape index (κ2) is 10.8. The second-order valence-electron chi connectivity index (χ2n) is 8.10. The van der Waals surface area contributed by atoms with E-state index in [2.05, 4.69) is 30.5 Å². The molecule has 0 saturated heterocycles. The molecular weight excluding hydrogens is 308 g/mol. The van der Waals surface area contributed by atoms with E-state index in [1.54, 1.807) is 0 Å². The van der Waals surface area contributed by atoms with Crippen molar-refractivity contribution in [1.29, 1.82) is 0 Å². The van der Waals surface area contributed by atoms with Gasteiger partial charge >= 0.3 is 0 Å². The molecule has 3 heteroatoms. The highest BCUT2D eigenvalue weighted by Crippen LogP contribution is 2.32. The lowest BCUT2D eigenvalue weighted by Crippen LogP contribution is -2.42. The van der Waals surface area contributed by atoms with Crippen molar-refractivity contribution in [2.45, 2.75) is 102 Å². The molecule has 1 atom stereocenters. The van der Waals surface area contributed by atoms with Crippen LogP contribution in [0.15, 0.2) is 23.9 Å². The third-order valence-electron chi connectivity index (χ3n) is 5.62. The van der Waals surface area contributed by atoms with Gasteiger partial charge in [0.15, 0.2) is 0 Å². The Morgan fingerprint density at radius 3 is 2.20 bits per heavy atom. The van der Waals surface area contributed by atoms with Gasteiger partial charge < -0.3 is 11.1 Å². The van der Waals surface area contributed by atoms with Crippen LogP contribution < -0.4 is 11.1 Å². The SMILES string of the molecule is CCCCCCCCCCCCC1C=CC(NC(=O)C2(N)CC2)=CC1. The van der Waals surface area contributed by atoms with Gasteiger partial charge in [-0.05, 0) is 37.7 Å². The van der Waals surface area contributed by atoms with Crippen LogP contribution in [0.1, 0.15) is 96.8 Å². The molecule has 0 spiro atoms. The van der Waals surface area contributed by atoms with E-state index in [9.17, 15) is 4.79 Å². The van der Waals surface area contributed by atoms with Crippen LogP contribution in [0.4, 0.5) is 0 Å². The molecular formula is C22H38N2O. The number of nitrogens with two attached hydrogens (primary N) is 1. The molecule has 0 aromatic carbocycles. The van der Waals surface area contributed by atoms with Crippen molar-refractivity contribution in [2.24, 2.45) is 11.7 Å². The number of allylic oxidation sites excluding steroid dienone is 3. The van der Waals surface area contributed by atoms with Crippen LogP contribution in [0, 0.1) is 5.92 Å². The first-order valence-corrected chi connectivity index (χ1v) is 10.6. The topological polar surface area (TPSA) is 55.1 Å². The Hall–Kier alpha value is -1.09. The van der Waals surface area contributed by atoms with Crippen molar-refractivity contribution >= 4 is 5.91 Å². The van der Waals surface area contributed by atoms with Gasteiger partial charge in [0.05, 0.1) is 5.54 Å². The summed E-state index contributed by atoms with van der Waals surface area (Å²) in [7, 11) is 0. The van der Waals surface area contributed by atoms with Crippen molar-refractivity contribution in [1.82, 2.24) is 5.32 Å². The number of rotatable bonds is 13. The molecule has 2 rings (SSSR count). The summed E-state index contributed by atoms with van der Waals surface area (Å²) in [6, 6.07) is 0. The van der Waals surface area contributed by atoms with Gasteiger partial charge in [-0.25, -0.2) is 0 Å². The van der Waals surface area contributed by atoms with E-state index in [0.29, 0.717) is 5.92 Å². The summed E-state index contributed by atoms with van der Waals surface area (Å²) in [4.78, 5) is 11.9. The van der Waals surface area contributed by atoms with Gasteiger partial charge in [-0.3, -0.25) is 4.79 Å². The number of carbonyl (C=O) groups excluding carboxylic acids is 1. The predicted molar refractivity (Wildman–Crippen MR) is 106 cm³/mol. The molecule has 0 bridgehead atoms. The quantitative estimate of drug-likeness (QED) is 0.441. The highest BCUT2D eigenvalue weighted by atomic mass is 16.2. The summed E-state index contributed by atoms with van der Waals surface area (Å²) in [5.41, 5.74) is 6.27. The minimum absolute atomic E-state index is 0.0171. The fraction of sp³-hybridized carbons (Fsp3) is 0.773. The van der Waals surface area contributed by atoms with Gasteiger partial charge in [0.1, 0.15) is 0 Å². The molecule has 3 nitrogen and oxygen atoms in total. The van der Waals surface area contributed by atoms with Gasteiger partial charge in [-0.2, -0.15) is 0 Å². The van der Waals surface area contributed by atoms with Crippen LogP contribution in [-0.4, -0.2) is 11.4 Å². The maximum Gasteiger partial charge on any atom is 0.244 e. The molecule has 2 aliphatic rings. The highest BCUT2D eigenvalue weighted by molar-refractivity contribution is 5.90. The van der Waals surface area contributed by atoms with Gasteiger partial charge in [0, 0.05) is 5.70 Å².